The summed E-state index contributed by atoms with van der Waals surface area (Å²) < 4.78 is 11.8. The topological polar surface area (TPSA) is 64.0 Å². The smallest absolute Gasteiger partial charge is 0.267 e. The molecule has 35 heavy (non-hydrogen) atoms. The van der Waals surface area contributed by atoms with Gasteiger partial charge in [0.1, 0.15) is 6.61 Å². The second kappa shape index (κ2) is 11.6. The van der Waals surface area contributed by atoms with E-state index in [0.29, 0.717) is 51.5 Å². The van der Waals surface area contributed by atoms with Gasteiger partial charge in [-0.1, -0.05) is 35.9 Å². The third-order valence-corrected chi connectivity index (χ3v) is 6.98. The van der Waals surface area contributed by atoms with Gasteiger partial charge >= 0.3 is 0 Å². The minimum Gasteiger partial charge on any atom is -0.490 e. The fourth-order valence-electron chi connectivity index (χ4n) is 3.25. The monoisotopic (exact) mass is 525 g/mol. The summed E-state index contributed by atoms with van der Waals surface area (Å²) in [6, 6.07) is 13.1. The maximum atomic E-state index is 13.1. The Bertz CT molecular complexity index is 1290. The van der Waals surface area contributed by atoms with Crippen molar-refractivity contribution in [2.75, 3.05) is 13.2 Å². The quantitative estimate of drug-likeness (QED) is 0.225. The third-order valence-electron chi connectivity index (χ3n) is 4.87. The molecule has 2 heterocycles. The van der Waals surface area contributed by atoms with Crippen LogP contribution in [-0.4, -0.2) is 34.1 Å². The fourth-order valence-corrected chi connectivity index (χ4v) is 5.09. The first-order valence-corrected chi connectivity index (χ1v) is 13.0. The van der Waals surface area contributed by atoms with Crippen molar-refractivity contribution >= 4 is 57.0 Å². The van der Waals surface area contributed by atoms with Gasteiger partial charge in [-0.05, 0) is 67.1 Å². The van der Waals surface area contributed by atoms with Crippen LogP contribution in [0.25, 0.3) is 6.08 Å². The van der Waals surface area contributed by atoms with Gasteiger partial charge in [-0.25, -0.2) is 4.98 Å². The van der Waals surface area contributed by atoms with Gasteiger partial charge in [-0.2, -0.15) is 4.99 Å². The number of amides is 1. The molecule has 6 nitrogen and oxygen atoms in total. The van der Waals surface area contributed by atoms with Gasteiger partial charge in [0.2, 0.25) is 5.13 Å². The Hall–Kier alpha value is -3.07. The van der Waals surface area contributed by atoms with E-state index in [0.717, 1.165) is 16.8 Å². The van der Waals surface area contributed by atoms with Gasteiger partial charge in [0, 0.05) is 16.9 Å². The van der Waals surface area contributed by atoms with Crippen LogP contribution in [0.5, 0.6) is 11.5 Å². The average molecular weight is 526 g/mol. The molecule has 2 aromatic carbocycles. The number of halogens is 1. The summed E-state index contributed by atoms with van der Waals surface area (Å²) in [5.74, 6) is 1.12. The Morgan fingerprint density at radius 2 is 1.97 bits per heavy atom. The molecule has 0 spiro atoms. The number of nitrogens with zero attached hydrogens (tertiary/aromatic N) is 3. The number of rotatable bonds is 9. The van der Waals surface area contributed by atoms with Crippen molar-refractivity contribution in [3.05, 3.63) is 87.2 Å². The van der Waals surface area contributed by atoms with Crippen molar-refractivity contribution in [3.63, 3.8) is 0 Å². The van der Waals surface area contributed by atoms with E-state index in [1.54, 1.807) is 11.0 Å². The summed E-state index contributed by atoms with van der Waals surface area (Å²) in [5, 5.41) is 3.82. The Kier molecular flexibility index (Phi) is 8.28. The van der Waals surface area contributed by atoms with E-state index in [2.05, 4.69) is 16.6 Å². The maximum Gasteiger partial charge on any atom is 0.267 e. The fraction of sp³-hybridized carbons (Fsp3) is 0.192. The van der Waals surface area contributed by atoms with E-state index in [-0.39, 0.29) is 5.91 Å². The molecule has 1 amide bonds. The molecule has 4 rings (SSSR count). The molecule has 0 saturated carbocycles. The van der Waals surface area contributed by atoms with E-state index in [1.165, 1.54) is 23.1 Å². The molecule has 0 unspecified atom stereocenters. The Balaban J connectivity index is 1.57. The third kappa shape index (κ3) is 6.33. The van der Waals surface area contributed by atoms with Crippen molar-refractivity contribution < 1.29 is 14.3 Å². The molecule has 9 heteroatoms. The predicted molar refractivity (Wildman–Crippen MR) is 145 cm³/mol. The SMILES string of the molecule is C=CCN1C(=O)/C(=C/c2ccc(OCc3ccc(Cl)cc3)c(OCC)c2)S/C1=N/c1nc(C)cs1. The second-order valence-electron chi connectivity index (χ2n) is 7.54. The van der Waals surface area contributed by atoms with Crippen molar-refractivity contribution in [2.24, 2.45) is 4.99 Å². The van der Waals surface area contributed by atoms with Crippen molar-refractivity contribution in [1.29, 1.82) is 0 Å². The number of benzene rings is 2. The van der Waals surface area contributed by atoms with Gasteiger partial charge in [0.15, 0.2) is 16.7 Å². The van der Waals surface area contributed by atoms with Gasteiger partial charge < -0.3 is 9.47 Å². The lowest BCUT2D eigenvalue weighted by molar-refractivity contribution is -0.121. The van der Waals surface area contributed by atoms with E-state index in [4.69, 9.17) is 21.1 Å². The van der Waals surface area contributed by atoms with Crippen LogP contribution in [0, 0.1) is 6.92 Å². The lowest BCUT2D eigenvalue weighted by Crippen LogP contribution is -2.29. The number of aliphatic imine (C=N–C) groups is 1. The highest BCUT2D eigenvalue weighted by molar-refractivity contribution is 8.18. The van der Waals surface area contributed by atoms with E-state index >= 15 is 0 Å². The van der Waals surface area contributed by atoms with Crippen LogP contribution in [0.3, 0.4) is 0 Å². The van der Waals surface area contributed by atoms with E-state index in [9.17, 15) is 4.79 Å². The summed E-state index contributed by atoms with van der Waals surface area (Å²) in [5.41, 5.74) is 2.73. The highest BCUT2D eigenvalue weighted by Crippen LogP contribution is 2.36. The predicted octanol–water partition coefficient (Wildman–Crippen LogP) is 6.87. The number of carbonyl (C=O) groups excluding carboxylic acids is 1. The van der Waals surface area contributed by atoms with Gasteiger partial charge in [-0.15, -0.1) is 17.9 Å². The van der Waals surface area contributed by atoms with Crippen molar-refractivity contribution in [2.45, 2.75) is 20.5 Å². The molecule has 0 bridgehead atoms. The summed E-state index contributed by atoms with van der Waals surface area (Å²) >= 11 is 8.72. The van der Waals surface area contributed by atoms with Gasteiger partial charge in [0.05, 0.1) is 17.2 Å². The largest absolute Gasteiger partial charge is 0.490 e. The van der Waals surface area contributed by atoms with Crippen molar-refractivity contribution in [1.82, 2.24) is 9.88 Å². The Morgan fingerprint density at radius 3 is 2.66 bits per heavy atom. The van der Waals surface area contributed by atoms with Gasteiger partial charge in [-0.3, -0.25) is 9.69 Å². The summed E-state index contributed by atoms with van der Waals surface area (Å²) in [6.45, 7) is 8.85. The molecule has 1 fully saturated rings. The highest BCUT2D eigenvalue weighted by atomic mass is 35.5. The van der Waals surface area contributed by atoms with Crippen LogP contribution in [0.2, 0.25) is 5.02 Å². The van der Waals surface area contributed by atoms with Crippen LogP contribution in [0.15, 0.2) is 70.4 Å². The zero-order valence-electron chi connectivity index (χ0n) is 19.4. The molecule has 0 aliphatic carbocycles. The zero-order chi connectivity index (χ0) is 24.8. The average Bonchev–Trinajstić information content (AvgIpc) is 3.38. The van der Waals surface area contributed by atoms with E-state index in [1.807, 2.05) is 67.8 Å². The standard InChI is InChI=1S/C26H24ClN3O3S2/c1-4-12-30-24(31)23(35-26(30)29-25-28-17(3)16-34-25)14-19-8-11-21(22(13-19)32-5-2)33-15-18-6-9-20(27)10-7-18/h4,6-11,13-14,16H,1,5,12,15H2,2-3H3/b23-14-,29-26+. The lowest BCUT2D eigenvalue weighted by Gasteiger charge is -2.13. The van der Waals surface area contributed by atoms with Crippen LogP contribution in [-0.2, 0) is 11.4 Å². The molecular formula is C26H24ClN3O3S2. The lowest BCUT2D eigenvalue weighted by atomic mass is 10.1. The normalized spacial score (nSPS) is 15.7. The molecule has 0 radical (unpaired) electrons. The second-order valence-corrected chi connectivity index (χ2v) is 9.82. The first-order chi connectivity index (χ1) is 17.0. The van der Waals surface area contributed by atoms with E-state index < -0.39 is 0 Å². The molecule has 3 aromatic rings. The molecular weight excluding hydrogens is 502 g/mol. The molecule has 1 aliphatic rings. The first kappa shape index (κ1) is 25.0. The number of thiazole rings is 1. The molecule has 180 valence electrons. The van der Waals surface area contributed by atoms with Crippen LogP contribution < -0.4 is 9.47 Å². The Morgan fingerprint density at radius 1 is 1.17 bits per heavy atom. The van der Waals surface area contributed by atoms with Crippen molar-refractivity contribution in [3.8, 4) is 11.5 Å². The van der Waals surface area contributed by atoms with Gasteiger partial charge in [0.25, 0.3) is 5.91 Å². The number of hydrogen-bond donors (Lipinski definition) is 0. The Labute approximate surface area is 218 Å². The summed E-state index contributed by atoms with van der Waals surface area (Å²) in [6.07, 6.45) is 3.52. The van der Waals surface area contributed by atoms with Crippen LogP contribution >= 0.6 is 34.7 Å². The molecule has 1 aromatic heterocycles. The number of thioether (sulfide) groups is 1. The minimum atomic E-state index is -0.122. The maximum absolute atomic E-state index is 13.1. The zero-order valence-corrected chi connectivity index (χ0v) is 21.8. The molecule has 0 atom stereocenters. The number of amidine groups is 1. The number of aromatic nitrogens is 1. The summed E-state index contributed by atoms with van der Waals surface area (Å²) in [7, 11) is 0. The first-order valence-electron chi connectivity index (χ1n) is 10.9. The highest BCUT2D eigenvalue weighted by Gasteiger charge is 2.33. The van der Waals surface area contributed by atoms with Crippen LogP contribution in [0.1, 0.15) is 23.7 Å². The van der Waals surface area contributed by atoms with Crippen LogP contribution in [0.4, 0.5) is 5.13 Å². The number of hydrogen-bond acceptors (Lipinski definition) is 7. The minimum absolute atomic E-state index is 0.122. The number of carbonyl (C=O) groups is 1. The molecule has 1 aliphatic heterocycles. The number of aryl methyl sites for hydroxylation is 1. The number of ether oxygens (including phenoxy) is 2. The summed E-state index contributed by atoms with van der Waals surface area (Å²) in [4.78, 5) is 24.2. The molecule has 1 saturated heterocycles. The molecule has 0 N–H and O–H groups in total.